The fourth-order valence-electron chi connectivity index (χ4n) is 1.31. The predicted octanol–water partition coefficient (Wildman–Crippen LogP) is 3.11. The molecule has 1 N–H and O–H groups in total. The molecule has 2 aromatic rings. The molecular formula is C13H19N3O2S. The molecule has 2 heterocycles. The van der Waals surface area contributed by atoms with E-state index in [4.69, 9.17) is 4.74 Å². The molecule has 0 aliphatic carbocycles. The van der Waals surface area contributed by atoms with Crippen LogP contribution < -0.4 is 5.56 Å². The number of ether oxygens (including phenoxy) is 1. The lowest BCUT2D eigenvalue weighted by atomic mass is 10.4. The molecule has 0 amide bonds. The fourth-order valence-corrected chi connectivity index (χ4v) is 2.10. The Bertz CT molecular complexity index is 616. The minimum Gasteiger partial charge on any atom is -0.491 e. The molecule has 0 unspecified atom stereocenters. The van der Waals surface area contributed by atoms with Gasteiger partial charge in [0.2, 0.25) is 0 Å². The van der Waals surface area contributed by atoms with Gasteiger partial charge in [-0.2, -0.15) is 0 Å². The van der Waals surface area contributed by atoms with E-state index in [-0.39, 0.29) is 5.56 Å². The Kier molecular flexibility index (Phi) is 5.69. The summed E-state index contributed by atoms with van der Waals surface area (Å²) in [6.07, 6.45) is 1.25. The Morgan fingerprint density at radius 1 is 1.37 bits per heavy atom. The third-order valence-corrected chi connectivity index (χ3v) is 2.82. The zero-order valence-corrected chi connectivity index (χ0v) is 12.6. The van der Waals surface area contributed by atoms with E-state index in [0.717, 1.165) is 5.01 Å². The Morgan fingerprint density at radius 2 is 2.00 bits per heavy atom. The molecule has 2 rings (SSSR count). The summed E-state index contributed by atoms with van der Waals surface area (Å²) in [7, 11) is 0. The topological polar surface area (TPSA) is 67.9 Å². The standard InChI is InChI=1S/C10H11N3O2S.C3H8/c1-4-15-5(2)8-12-9(14)7-10(13-8)16-6(3)11-7;1-3-2/h2,4H2,1,3H3,(H,12,13,14);3H2,1-2H3. The summed E-state index contributed by atoms with van der Waals surface area (Å²) in [5.41, 5.74) is 0.112. The van der Waals surface area contributed by atoms with Crippen LogP contribution in [0.15, 0.2) is 11.4 Å². The lowest BCUT2D eigenvalue weighted by Crippen LogP contribution is -2.11. The first-order chi connectivity index (χ1) is 9.03. The van der Waals surface area contributed by atoms with Gasteiger partial charge in [0.1, 0.15) is 0 Å². The van der Waals surface area contributed by atoms with Gasteiger partial charge in [0.15, 0.2) is 21.9 Å². The fraction of sp³-hybridized carbons (Fsp3) is 0.462. The molecule has 0 spiro atoms. The SMILES string of the molecule is C=C(OCC)c1nc2sc(C)nc2c(=O)[nH]1.CCC. The molecular weight excluding hydrogens is 262 g/mol. The number of hydrogen-bond donors (Lipinski definition) is 1. The summed E-state index contributed by atoms with van der Waals surface area (Å²) in [6, 6.07) is 0. The van der Waals surface area contributed by atoms with Crippen LogP contribution >= 0.6 is 11.3 Å². The third kappa shape index (κ3) is 3.89. The zero-order chi connectivity index (χ0) is 14.4. The summed E-state index contributed by atoms with van der Waals surface area (Å²) in [6.45, 7) is 12.1. The largest absolute Gasteiger partial charge is 0.491 e. The van der Waals surface area contributed by atoms with E-state index < -0.39 is 0 Å². The molecule has 0 bridgehead atoms. The van der Waals surface area contributed by atoms with Crippen LogP contribution in [-0.4, -0.2) is 21.6 Å². The van der Waals surface area contributed by atoms with Crippen molar-refractivity contribution < 1.29 is 4.74 Å². The summed E-state index contributed by atoms with van der Waals surface area (Å²) >= 11 is 1.38. The maximum atomic E-state index is 11.7. The first-order valence-corrected chi connectivity index (χ1v) is 7.04. The number of aromatic nitrogens is 3. The van der Waals surface area contributed by atoms with Gasteiger partial charge in [0.05, 0.1) is 11.6 Å². The van der Waals surface area contributed by atoms with E-state index in [1.807, 2.05) is 13.8 Å². The van der Waals surface area contributed by atoms with E-state index in [2.05, 4.69) is 35.4 Å². The van der Waals surface area contributed by atoms with Gasteiger partial charge in [-0.1, -0.05) is 38.2 Å². The van der Waals surface area contributed by atoms with Crippen LogP contribution in [-0.2, 0) is 4.74 Å². The van der Waals surface area contributed by atoms with Crippen molar-refractivity contribution in [1.82, 2.24) is 15.0 Å². The minimum absolute atomic E-state index is 0.259. The highest BCUT2D eigenvalue weighted by Crippen LogP contribution is 2.17. The van der Waals surface area contributed by atoms with Crippen LogP contribution in [0.5, 0.6) is 0 Å². The van der Waals surface area contributed by atoms with Gasteiger partial charge in [-0.3, -0.25) is 4.79 Å². The number of H-pyrrole nitrogens is 1. The molecule has 0 radical (unpaired) electrons. The van der Waals surface area contributed by atoms with Crippen LogP contribution in [0.25, 0.3) is 16.1 Å². The van der Waals surface area contributed by atoms with Gasteiger partial charge < -0.3 is 9.72 Å². The van der Waals surface area contributed by atoms with Crippen LogP contribution in [0.3, 0.4) is 0 Å². The quantitative estimate of drug-likeness (QED) is 0.878. The lowest BCUT2D eigenvalue weighted by molar-refractivity contribution is 0.296. The second-order valence-electron chi connectivity index (χ2n) is 3.86. The molecule has 0 fully saturated rings. The van der Waals surface area contributed by atoms with Gasteiger partial charge in [-0.15, -0.1) is 0 Å². The summed E-state index contributed by atoms with van der Waals surface area (Å²) in [5.74, 6) is 0.732. The number of thiazole rings is 1. The van der Waals surface area contributed by atoms with Crippen molar-refractivity contribution in [3.05, 3.63) is 27.8 Å². The second kappa shape index (κ2) is 7.04. The normalized spacial score (nSPS) is 9.89. The van der Waals surface area contributed by atoms with Crippen LogP contribution in [0, 0.1) is 6.92 Å². The molecule has 19 heavy (non-hydrogen) atoms. The smallest absolute Gasteiger partial charge is 0.278 e. The molecule has 0 saturated carbocycles. The third-order valence-electron chi connectivity index (χ3n) is 1.96. The number of nitrogens with one attached hydrogen (secondary N) is 1. The Morgan fingerprint density at radius 3 is 2.58 bits per heavy atom. The maximum absolute atomic E-state index is 11.7. The second-order valence-corrected chi connectivity index (χ2v) is 5.05. The molecule has 6 heteroatoms. The van der Waals surface area contributed by atoms with Gasteiger partial charge >= 0.3 is 0 Å². The van der Waals surface area contributed by atoms with E-state index in [9.17, 15) is 4.79 Å². The first kappa shape index (κ1) is 15.4. The minimum atomic E-state index is -0.259. The molecule has 0 atom stereocenters. The zero-order valence-electron chi connectivity index (χ0n) is 11.7. The molecule has 0 aliphatic rings. The average Bonchev–Trinajstić information content (AvgIpc) is 2.71. The number of fused-ring (bicyclic) bond motifs is 1. The van der Waals surface area contributed by atoms with Crippen LogP contribution in [0.2, 0.25) is 0 Å². The van der Waals surface area contributed by atoms with E-state index >= 15 is 0 Å². The van der Waals surface area contributed by atoms with Crippen molar-refractivity contribution in [2.24, 2.45) is 0 Å². The van der Waals surface area contributed by atoms with Crippen molar-refractivity contribution >= 4 is 27.4 Å². The predicted molar refractivity (Wildman–Crippen MR) is 79.4 cm³/mol. The van der Waals surface area contributed by atoms with Crippen molar-refractivity contribution in [1.29, 1.82) is 0 Å². The van der Waals surface area contributed by atoms with Crippen LogP contribution in [0.1, 0.15) is 38.0 Å². The number of hydrogen-bond acceptors (Lipinski definition) is 5. The van der Waals surface area contributed by atoms with E-state index in [1.54, 1.807) is 0 Å². The maximum Gasteiger partial charge on any atom is 0.278 e. The highest BCUT2D eigenvalue weighted by atomic mass is 32.1. The van der Waals surface area contributed by atoms with Gasteiger partial charge in [-0.05, 0) is 13.8 Å². The van der Waals surface area contributed by atoms with E-state index in [0.29, 0.717) is 28.5 Å². The highest BCUT2D eigenvalue weighted by Gasteiger charge is 2.10. The Balaban J connectivity index is 0.000000550. The Labute approximate surface area is 116 Å². The van der Waals surface area contributed by atoms with Crippen molar-refractivity contribution in [3.63, 3.8) is 0 Å². The lowest BCUT2D eigenvalue weighted by Gasteiger charge is -2.04. The average molecular weight is 281 g/mol. The molecule has 0 aliphatic heterocycles. The highest BCUT2D eigenvalue weighted by molar-refractivity contribution is 7.18. The van der Waals surface area contributed by atoms with Gasteiger partial charge in [0, 0.05) is 0 Å². The molecule has 0 aromatic carbocycles. The summed E-state index contributed by atoms with van der Waals surface area (Å²) in [5, 5.41) is 0.812. The Hall–Kier alpha value is -1.69. The number of aromatic amines is 1. The van der Waals surface area contributed by atoms with Crippen LogP contribution in [0.4, 0.5) is 0 Å². The van der Waals surface area contributed by atoms with Gasteiger partial charge in [0.25, 0.3) is 5.56 Å². The number of nitrogens with zero attached hydrogens (tertiary/aromatic N) is 2. The molecule has 2 aromatic heterocycles. The molecule has 5 nitrogen and oxygen atoms in total. The van der Waals surface area contributed by atoms with Crippen molar-refractivity contribution in [2.75, 3.05) is 6.61 Å². The first-order valence-electron chi connectivity index (χ1n) is 6.22. The van der Waals surface area contributed by atoms with Crippen molar-refractivity contribution in [2.45, 2.75) is 34.1 Å². The molecule has 0 saturated heterocycles. The monoisotopic (exact) mass is 281 g/mol. The molecule has 104 valence electrons. The number of aryl methyl sites for hydroxylation is 1. The van der Waals surface area contributed by atoms with Crippen molar-refractivity contribution in [3.8, 4) is 0 Å². The summed E-state index contributed by atoms with van der Waals surface area (Å²) in [4.78, 5) is 23.2. The van der Waals surface area contributed by atoms with E-state index in [1.165, 1.54) is 17.8 Å². The summed E-state index contributed by atoms with van der Waals surface area (Å²) < 4.78 is 5.20. The van der Waals surface area contributed by atoms with Gasteiger partial charge in [-0.25, -0.2) is 9.97 Å². The number of rotatable bonds is 3.